The van der Waals surface area contributed by atoms with Gasteiger partial charge in [-0.05, 0) is 29.8 Å². The van der Waals surface area contributed by atoms with Crippen molar-refractivity contribution in [2.75, 3.05) is 26.0 Å². The standard InChI is InChI=1S/C19H20N2O4S/c1-21(11-13-6-7-15-16(10-13)25-9-8-24-15)19(23)14-4-2-3-5-17(14)26-12-18(20)22/h2-7,10H,8-9,11-12H2,1H3,(H2,20,22). The van der Waals surface area contributed by atoms with Crippen LogP contribution in [0.2, 0.25) is 0 Å². The minimum Gasteiger partial charge on any atom is -0.486 e. The Morgan fingerprint density at radius 1 is 1.12 bits per heavy atom. The molecule has 2 N–H and O–H groups in total. The summed E-state index contributed by atoms with van der Waals surface area (Å²) >= 11 is 1.27. The van der Waals surface area contributed by atoms with Gasteiger partial charge in [-0.1, -0.05) is 18.2 Å². The first-order valence-corrected chi connectivity index (χ1v) is 9.17. The largest absolute Gasteiger partial charge is 0.486 e. The van der Waals surface area contributed by atoms with Crippen molar-refractivity contribution in [3.63, 3.8) is 0 Å². The molecule has 2 amide bonds. The number of ether oxygens (including phenoxy) is 2. The molecule has 0 saturated heterocycles. The van der Waals surface area contributed by atoms with E-state index in [9.17, 15) is 9.59 Å². The molecule has 0 fully saturated rings. The van der Waals surface area contributed by atoms with Crippen LogP contribution in [0.5, 0.6) is 11.5 Å². The van der Waals surface area contributed by atoms with Gasteiger partial charge in [-0.2, -0.15) is 0 Å². The first kappa shape index (κ1) is 18.1. The lowest BCUT2D eigenvalue weighted by molar-refractivity contribution is -0.115. The number of hydrogen-bond acceptors (Lipinski definition) is 5. The van der Waals surface area contributed by atoms with Gasteiger partial charge in [0.1, 0.15) is 13.2 Å². The van der Waals surface area contributed by atoms with Crippen LogP contribution in [0.3, 0.4) is 0 Å². The van der Waals surface area contributed by atoms with Gasteiger partial charge in [0.15, 0.2) is 11.5 Å². The van der Waals surface area contributed by atoms with Gasteiger partial charge in [0, 0.05) is 18.5 Å². The van der Waals surface area contributed by atoms with Crippen molar-refractivity contribution in [3.8, 4) is 11.5 Å². The number of nitrogens with zero attached hydrogens (tertiary/aromatic N) is 1. The third kappa shape index (κ3) is 4.29. The second-order valence-corrected chi connectivity index (χ2v) is 6.91. The van der Waals surface area contributed by atoms with Gasteiger partial charge in [-0.25, -0.2) is 0 Å². The summed E-state index contributed by atoms with van der Waals surface area (Å²) in [6.07, 6.45) is 0. The molecule has 136 valence electrons. The molecule has 2 aromatic rings. The summed E-state index contributed by atoms with van der Waals surface area (Å²) in [5.74, 6) is 1.03. The third-order valence-corrected chi connectivity index (χ3v) is 4.96. The number of amides is 2. The lowest BCUT2D eigenvalue weighted by Gasteiger charge is -2.22. The molecule has 0 unspecified atom stereocenters. The highest BCUT2D eigenvalue weighted by atomic mass is 32.2. The van der Waals surface area contributed by atoms with Crippen molar-refractivity contribution in [3.05, 3.63) is 53.6 Å². The maximum absolute atomic E-state index is 12.8. The fourth-order valence-electron chi connectivity index (χ4n) is 2.66. The predicted octanol–water partition coefficient (Wildman–Crippen LogP) is 2.31. The molecular weight excluding hydrogens is 352 g/mol. The topological polar surface area (TPSA) is 81.9 Å². The summed E-state index contributed by atoms with van der Waals surface area (Å²) in [6, 6.07) is 12.9. The van der Waals surface area contributed by atoms with E-state index in [0.717, 1.165) is 16.2 Å². The van der Waals surface area contributed by atoms with Crippen LogP contribution in [-0.2, 0) is 11.3 Å². The Morgan fingerprint density at radius 2 is 1.85 bits per heavy atom. The summed E-state index contributed by atoms with van der Waals surface area (Å²) in [7, 11) is 1.74. The zero-order valence-corrected chi connectivity index (χ0v) is 15.3. The van der Waals surface area contributed by atoms with E-state index in [2.05, 4.69) is 0 Å². The third-order valence-electron chi connectivity index (χ3n) is 3.86. The van der Waals surface area contributed by atoms with Crippen molar-refractivity contribution >= 4 is 23.6 Å². The monoisotopic (exact) mass is 372 g/mol. The normalized spacial score (nSPS) is 12.5. The lowest BCUT2D eigenvalue weighted by Crippen LogP contribution is -2.27. The molecule has 2 aromatic carbocycles. The maximum atomic E-state index is 12.8. The lowest BCUT2D eigenvalue weighted by atomic mass is 10.1. The molecule has 0 bridgehead atoms. The van der Waals surface area contributed by atoms with Gasteiger partial charge in [0.2, 0.25) is 5.91 Å². The first-order valence-electron chi connectivity index (χ1n) is 8.18. The summed E-state index contributed by atoms with van der Waals surface area (Å²) in [4.78, 5) is 26.2. The van der Waals surface area contributed by atoms with Gasteiger partial charge in [-0.15, -0.1) is 11.8 Å². The van der Waals surface area contributed by atoms with Crippen LogP contribution in [0.25, 0.3) is 0 Å². The van der Waals surface area contributed by atoms with Crippen LogP contribution in [0, 0.1) is 0 Å². The van der Waals surface area contributed by atoms with E-state index in [1.807, 2.05) is 30.3 Å². The number of primary amides is 1. The molecule has 0 saturated carbocycles. The van der Waals surface area contributed by atoms with Gasteiger partial charge in [0.25, 0.3) is 5.91 Å². The Labute approximate surface area is 156 Å². The number of fused-ring (bicyclic) bond motifs is 1. The fraction of sp³-hybridized carbons (Fsp3) is 0.263. The van der Waals surface area contributed by atoms with Crippen molar-refractivity contribution in [1.82, 2.24) is 4.90 Å². The van der Waals surface area contributed by atoms with Crippen LogP contribution in [-0.4, -0.2) is 42.7 Å². The molecule has 0 spiro atoms. The fourth-order valence-corrected chi connectivity index (χ4v) is 3.44. The van der Waals surface area contributed by atoms with Crippen molar-refractivity contribution in [1.29, 1.82) is 0 Å². The molecule has 0 radical (unpaired) electrons. The summed E-state index contributed by atoms with van der Waals surface area (Å²) in [5.41, 5.74) is 6.71. The SMILES string of the molecule is CN(Cc1ccc2c(c1)OCCO2)C(=O)c1ccccc1SCC(N)=O. The molecule has 0 aromatic heterocycles. The summed E-state index contributed by atoms with van der Waals surface area (Å²) < 4.78 is 11.1. The van der Waals surface area contributed by atoms with Gasteiger partial charge < -0.3 is 20.1 Å². The highest BCUT2D eigenvalue weighted by Gasteiger charge is 2.18. The molecule has 3 rings (SSSR count). The summed E-state index contributed by atoms with van der Waals surface area (Å²) in [5, 5.41) is 0. The minimum atomic E-state index is -0.415. The highest BCUT2D eigenvalue weighted by Crippen LogP contribution is 2.31. The van der Waals surface area contributed by atoms with Crippen LogP contribution < -0.4 is 15.2 Å². The van der Waals surface area contributed by atoms with E-state index >= 15 is 0 Å². The number of hydrogen-bond donors (Lipinski definition) is 1. The Morgan fingerprint density at radius 3 is 2.62 bits per heavy atom. The van der Waals surface area contributed by atoms with E-state index in [0.29, 0.717) is 31.1 Å². The smallest absolute Gasteiger partial charge is 0.255 e. The number of nitrogens with two attached hydrogens (primary N) is 1. The molecule has 6 nitrogen and oxygen atoms in total. The number of benzene rings is 2. The first-order chi connectivity index (χ1) is 12.5. The number of rotatable bonds is 6. The van der Waals surface area contributed by atoms with E-state index in [-0.39, 0.29) is 11.7 Å². The number of carbonyl (C=O) groups is 2. The second kappa shape index (κ2) is 8.14. The van der Waals surface area contributed by atoms with Crippen molar-refractivity contribution in [2.45, 2.75) is 11.4 Å². The quantitative estimate of drug-likeness (QED) is 0.787. The molecular formula is C19H20N2O4S. The summed E-state index contributed by atoms with van der Waals surface area (Å²) in [6.45, 7) is 1.50. The van der Waals surface area contributed by atoms with Crippen LogP contribution in [0.1, 0.15) is 15.9 Å². The highest BCUT2D eigenvalue weighted by molar-refractivity contribution is 8.00. The molecule has 0 atom stereocenters. The van der Waals surface area contributed by atoms with E-state index in [1.54, 1.807) is 24.1 Å². The van der Waals surface area contributed by atoms with Gasteiger partial charge in [0.05, 0.1) is 11.3 Å². The van der Waals surface area contributed by atoms with Gasteiger partial charge >= 0.3 is 0 Å². The zero-order chi connectivity index (χ0) is 18.5. The van der Waals surface area contributed by atoms with Crippen molar-refractivity contribution < 1.29 is 19.1 Å². The maximum Gasteiger partial charge on any atom is 0.255 e. The van der Waals surface area contributed by atoms with Crippen molar-refractivity contribution in [2.24, 2.45) is 5.73 Å². The molecule has 1 aliphatic heterocycles. The van der Waals surface area contributed by atoms with Gasteiger partial charge in [-0.3, -0.25) is 9.59 Å². The Balaban J connectivity index is 1.73. The minimum absolute atomic E-state index is 0.118. The second-order valence-electron chi connectivity index (χ2n) is 5.89. The zero-order valence-electron chi connectivity index (χ0n) is 14.4. The average Bonchev–Trinajstić information content (AvgIpc) is 2.66. The molecule has 1 heterocycles. The van der Waals surface area contributed by atoms with E-state index in [4.69, 9.17) is 15.2 Å². The molecule has 7 heteroatoms. The van der Waals surface area contributed by atoms with Crippen LogP contribution in [0.4, 0.5) is 0 Å². The van der Waals surface area contributed by atoms with E-state index < -0.39 is 5.91 Å². The molecule has 26 heavy (non-hydrogen) atoms. The van der Waals surface area contributed by atoms with Crippen LogP contribution in [0.15, 0.2) is 47.4 Å². The molecule has 1 aliphatic rings. The van der Waals surface area contributed by atoms with Crippen LogP contribution >= 0.6 is 11.8 Å². The Bertz CT molecular complexity index is 825. The number of thioether (sulfide) groups is 1. The average molecular weight is 372 g/mol. The Hall–Kier alpha value is -2.67. The predicted molar refractivity (Wildman–Crippen MR) is 99.6 cm³/mol. The Kier molecular flexibility index (Phi) is 5.68. The van der Waals surface area contributed by atoms with E-state index in [1.165, 1.54) is 11.8 Å². The number of carbonyl (C=O) groups excluding carboxylic acids is 2. The molecule has 0 aliphatic carbocycles.